The topological polar surface area (TPSA) is 74.2 Å². The SMILES string of the molecule is O=C(NC1CCCCCC1)c1ccc(N2CCN(c3ncccn3)CC2)nc1. The lowest BCUT2D eigenvalue weighted by molar-refractivity contribution is 0.0933. The summed E-state index contributed by atoms with van der Waals surface area (Å²) in [6.07, 6.45) is 12.4. The summed E-state index contributed by atoms with van der Waals surface area (Å²) in [6.45, 7) is 3.43. The standard InChI is InChI=1S/C21H28N6O/c28-20(25-18-6-3-1-2-4-7-18)17-8-9-19(24-16-17)26-12-14-27(15-13-26)21-22-10-5-11-23-21/h5,8-11,16,18H,1-4,6-7,12-15H2,(H,25,28). The normalized spacial score (nSPS) is 18.6. The summed E-state index contributed by atoms with van der Waals surface area (Å²) >= 11 is 0. The van der Waals surface area contributed by atoms with Crippen LogP contribution >= 0.6 is 0 Å². The number of piperazine rings is 1. The van der Waals surface area contributed by atoms with E-state index in [9.17, 15) is 4.79 Å². The van der Waals surface area contributed by atoms with Crippen molar-refractivity contribution in [2.24, 2.45) is 0 Å². The highest BCUT2D eigenvalue weighted by Crippen LogP contribution is 2.19. The smallest absolute Gasteiger partial charge is 0.253 e. The lowest BCUT2D eigenvalue weighted by Gasteiger charge is -2.35. The number of hydrogen-bond donors (Lipinski definition) is 1. The molecule has 7 heteroatoms. The Labute approximate surface area is 166 Å². The van der Waals surface area contributed by atoms with Gasteiger partial charge in [-0.05, 0) is 31.0 Å². The molecule has 1 saturated carbocycles. The van der Waals surface area contributed by atoms with Crippen molar-refractivity contribution in [2.75, 3.05) is 36.0 Å². The maximum Gasteiger partial charge on any atom is 0.253 e. The van der Waals surface area contributed by atoms with Crippen molar-refractivity contribution in [1.29, 1.82) is 0 Å². The number of carbonyl (C=O) groups excluding carboxylic acids is 1. The molecular formula is C21H28N6O. The fourth-order valence-electron chi connectivity index (χ4n) is 3.99. The number of rotatable bonds is 4. The molecule has 148 valence electrons. The van der Waals surface area contributed by atoms with E-state index in [1.165, 1.54) is 25.7 Å². The molecule has 0 aromatic carbocycles. The molecule has 1 aliphatic carbocycles. The van der Waals surface area contributed by atoms with Gasteiger partial charge in [0.15, 0.2) is 0 Å². The van der Waals surface area contributed by atoms with Crippen molar-refractivity contribution in [2.45, 2.75) is 44.6 Å². The molecule has 1 amide bonds. The van der Waals surface area contributed by atoms with E-state index < -0.39 is 0 Å². The van der Waals surface area contributed by atoms with Crippen molar-refractivity contribution in [3.8, 4) is 0 Å². The highest BCUT2D eigenvalue weighted by atomic mass is 16.1. The van der Waals surface area contributed by atoms with Gasteiger partial charge in [-0.15, -0.1) is 0 Å². The van der Waals surface area contributed by atoms with Gasteiger partial charge in [-0.1, -0.05) is 25.7 Å². The van der Waals surface area contributed by atoms with Crippen molar-refractivity contribution in [3.63, 3.8) is 0 Å². The van der Waals surface area contributed by atoms with E-state index in [0.717, 1.165) is 50.8 Å². The number of carbonyl (C=O) groups is 1. The van der Waals surface area contributed by atoms with Gasteiger partial charge >= 0.3 is 0 Å². The Kier molecular flexibility index (Phi) is 5.99. The molecule has 7 nitrogen and oxygen atoms in total. The second kappa shape index (κ2) is 8.99. The van der Waals surface area contributed by atoms with Crippen LogP contribution in [-0.2, 0) is 0 Å². The maximum atomic E-state index is 12.5. The number of pyridine rings is 1. The van der Waals surface area contributed by atoms with Gasteiger partial charge in [-0.25, -0.2) is 15.0 Å². The Balaban J connectivity index is 1.31. The van der Waals surface area contributed by atoms with Gasteiger partial charge in [0.05, 0.1) is 5.56 Å². The molecule has 1 saturated heterocycles. The van der Waals surface area contributed by atoms with E-state index in [1.807, 2.05) is 18.2 Å². The minimum absolute atomic E-state index is 0.00278. The summed E-state index contributed by atoms with van der Waals surface area (Å²) in [4.78, 5) is 30.1. The highest BCUT2D eigenvalue weighted by molar-refractivity contribution is 5.94. The number of nitrogens with zero attached hydrogens (tertiary/aromatic N) is 5. The second-order valence-electron chi connectivity index (χ2n) is 7.59. The first-order valence-corrected chi connectivity index (χ1v) is 10.3. The predicted octanol–water partition coefficient (Wildman–Crippen LogP) is 2.65. The molecule has 0 unspecified atom stereocenters. The van der Waals surface area contributed by atoms with Gasteiger partial charge in [-0.3, -0.25) is 4.79 Å². The van der Waals surface area contributed by atoms with Crippen LogP contribution in [0, 0.1) is 0 Å². The largest absolute Gasteiger partial charge is 0.353 e. The van der Waals surface area contributed by atoms with Crippen molar-refractivity contribution in [1.82, 2.24) is 20.3 Å². The van der Waals surface area contributed by atoms with Crippen LogP contribution in [0.1, 0.15) is 48.9 Å². The molecule has 0 atom stereocenters. The van der Waals surface area contributed by atoms with Crippen molar-refractivity contribution < 1.29 is 4.79 Å². The molecule has 2 fully saturated rings. The molecule has 1 N–H and O–H groups in total. The minimum atomic E-state index is -0.00278. The molecule has 2 aromatic heterocycles. The van der Waals surface area contributed by atoms with E-state index in [4.69, 9.17) is 0 Å². The molecule has 0 bridgehead atoms. The Morgan fingerprint density at radius 3 is 2.21 bits per heavy atom. The summed E-state index contributed by atoms with van der Waals surface area (Å²) in [5.41, 5.74) is 0.643. The molecule has 28 heavy (non-hydrogen) atoms. The first-order valence-electron chi connectivity index (χ1n) is 10.3. The van der Waals surface area contributed by atoms with Gasteiger partial charge in [0.1, 0.15) is 5.82 Å². The van der Waals surface area contributed by atoms with E-state index in [2.05, 4.69) is 30.1 Å². The molecule has 1 aliphatic heterocycles. The average Bonchev–Trinajstić information content (AvgIpc) is 3.03. The molecule has 2 aliphatic rings. The Bertz CT molecular complexity index is 750. The third-order valence-electron chi connectivity index (χ3n) is 5.64. The maximum absolute atomic E-state index is 12.5. The van der Waals surface area contributed by atoms with Crippen LogP contribution in [0.5, 0.6) is 0 Å². The Morgan fingerprint density at radius 1 is 0.893 bits per heavy atom. The number of nitrogens with one attached hydrogen (secondary N) is 1. The van der Waals surface area contributed by atoms with Crippen LogP contribution in [0.25, 0.3) is 0 Å². The average molecular weight is 380 g/mol. The van der Waals surface area contributed by atoms with Crippen LogP contribution in [0.3, 0.4) is 0 Å². The zero-order valence-electron chi connectivity index (χ0n) is 16.3. The van der Waals surface area contributed by atoms with Crippen molar-refractivity contribution in [3.05, 3.63) is 42.4 Å². The van der Waals surface area contributed by atoms with Crippen LogP contribution < -0.4 is 15.1 Å². The van der Waals surface area contributed by atoms with Crippen LogP contribution in [0.4, 0.5) is 11.8 Å². The van der Waals surface area contributed by atoms with Gasteiger partial charge < -0.3 is 15.1 Å². The zero-order chi connectivity index (χ0) is 19.2. The number of hydrogen-bond acceptors (Lipinski definition) is 6. The summed E-state index contributed by atoms with van der Waals surface area (Å²) < 4.78 is 0. The third-order valence-corrected chi connectivity index (χ3v) is 5.64. The van der Waals surface area contributed by atoms with Crippen LogP contribution in [0.2, 0.25) is 0 Å². The number of aromatic nitrogens is 3. The summed E-state index contributed by atoms with van der Waals surface area (Å²) in [7, 11) is 0. The lowest BCUT2D eigenvalue weighted by Crippen LogP contribution is -2.47. The molecule has 3 heterocycles. The molecular weight excluding hydrogens is 352 g/mol. The molecule has 0 radical (unpaired) electrons. The zero-order valence-corrected chi connectivity index (χ0v) is 16.3. The highest BCUT2D eigenvalue weighted by Gasteiger charge is 2.20. The minimum Gasteiger partial charge on any atom is -0.353 e. The van der Waals surface area contributed by atoms with Gasteiger partial charge in [-0.2, -0.15) is 0 Å². The second-order valence-corrected chi connectivity index (χ2v) is 7.59. The van der Waals surface area contributed by atoms with Gasteiger partial charge in [0, 0.05) is 50.8 Å². The molecule has 0 spiro atoms. The first-order chi connectivity index (χ1) is 13.8. The number of anilines is 2. The Morgan fingerprint density at radius 2 is 1.57 bits per heavy atom. The third kappa shape index (κ3) is 4.58. The predicted molar refractivity (Wildman–Crippen MR) is 110 cm³/mol. The van der Waals surface area contributed by atoms with E-state index in [0.29, 0.717) is 11.6 Å². The van der Waals surface area contributed by atoms with E-state index in [-0.39, 0.29) is 5.91 Å². The van der Waals surface area contributed by atoms with E-state index in [1.54, 1.807) is 18.6 Å². The summed E-state index contributed by atoms with van der Waals surface area (Å²) in [5, 5.41) is 3.19. The lowest BCUT2D eigenvalue weighted by atomic mass is 10.1. The number of amides is 1. The van der Waals surface area contributed by atoms with E-state index >= 15 is 0 Å². The van der Waals surface area contributed by atoms with Gasteiger partial charge in [0.25, 0.3) is 5.91 Å². The Hall–Kier alpha value is -2.70. The fourth-order valence-corrected chi connectivity index (χ4v) is 3.99. The van der Waals surface area contributed by atoms with Gasteiger partial charge in [0.2, 0.25) is 5.95 Å². The monoisotopic (exact) mass is 380 g/mol. The first kappa shape index (κ1) is 18.7. The van der Waals surface area contributed by atoms with Crippen LogP contribution in [0.15, 0.2) is 36.8 Å². The summed E-state index contributed by atoms with van der Waals surface area (Å²) in [5.74, 6) is 1.69. The van der Waals surface area contributed by atoms with Crippen molar-refractivity contribution >= 4 is 17.7 Å². The molecule has 2 aromatic rings. The quantitative estimate of drug-likeness (QED) is 0.822. The fraction of sp³-hybridized carbons (Fsp3) is 0.524. The van der Waals surface area contributed by atoms with Crippen LogP contribution in [-0.4, -0.2) is 53.1 Å². The molecule has 4 rings (SSSR count). The summed E-state index contributed by atoms with van der Waals surface area (Å²) in [6, 6.07) is 5.98.